The van der Waals surface area contributed by atoms with E-state index in [-0.39, 0.29) is 18.5 Å². The van der Waals surface area contributed by atoms with Gasteiger partial charge in [0.05, 0.1) is 39.6 Å². The van der Waals surface area contributed by atoms with Crippen LogP contribution < -0.4 is 0 Å². The lowest BCUT2D eigenvalue weighted by atomic mass is 10.1. The molecule has 0 saturated carbocycles. The van der Waals surface area contributed by atoms with Crippen molar-refractivity contribution in [1.82, 2.24) is 9.32 Å². The number of nitrogens with zero attached hydrogens (tertiary/aromatic N) is 3. The van der Waals surface area contributed by atoms with E-state index in [0.29, 0.717) is 17.6 Å². The van der Waals surface area contributed by atoms with Crippen LogP contribution in [-0.4, -0.2) is 76.7 Å². The quantitative estimate of drug-likeness (QED) is 0.612. The molecule has 2 amide bonds. The Balaban J connectivity index is 2.81. The van der Waals surface area contributed by atoms with Crippen molar-refractivity contribution in [1.29, 1.82) is 0 Å². The van der Waals surface area contributed by atoms with Crippen LogP contribution in [0.1, 0.15) is 20.3 Å². The first-order valence-electron chi connectivity index (χ1n) is 6.23. The number of carboxylic acids is 1. The Kier molecular flexibility index (Phi) is 4.37. The van der Waals surface area contributed by atoms with Crippen molar-refractivity contribution in [2.45, 2.75) is 31.8 Å². The summed E-state index contributed by atoms with van der Waals surface area (Å²) in [5.74, 6) is -0.855. The second-order valence-electron chi connectivity index (χ2n) is 6.62. The van der Waals surface area contributed by atoms with Gasteiger partial charge in [-0.1, -0.05) is 0 Å². The first kappa shape index (κ1) is 16.0. The molecule has 1 aliphatic heterocycles. The Hall–Kier alpha value is -1.01. The van der Waals surface area contributed by atoms with Gasteiger partial charge in [-0.05, 0) is 13.8 Å². The maximum atomic E-state index is 12.0. The van der Waals surface area contributed by atoms with Gasteiger partial charge >= 0.3 is 12.0 Å². The molecule has 1 unspecified atom stereocenters. The standard InChI is InChI=1S/C12H22ClN3O3/c1-12(2)8-14(11(19)15(12)13)7-9(6-10(17)18)16(3,4)5/h9H,6-8H2,1-5H3/p+1. The normalized spacial score (nSPS) is 20.8. The summed E-state index contributed by atoms with van der Waals surface area (Å²) in [7, 11) is 5.79. The van der Waals surface area contributed by atoms with Gasteiger partial charge in [-0.2, -0.15) is 0 Å². The van der Waals surface area contributed by atoms with Crippen molar-refractivity contribution in [3.8, 4) is 0 Å². The Morgan fingerprint density at radius 3 is 2.32 bits per heavy atom. The van der Waals surface area contributed by atoms with Crippen LogP contribution >= 0.6 is 11.8 Å². The van der Waals surface area contributed by atoms with Gasteiger partial charge in [0.1, 0.15) is 6.04 Å². The number of carbonyl (C=O) groups is 2. The average Bonchev–Trinajstić information content (AvgIpc) is 2.39. The molecule has 0 aromatic heterocycles. The minimum absolute atomic E-state index is 0.0238. The molecule has 0 aliphatic carbocycles. The van der Waals surface area contributed by atoms with Gasteiger partial charge in [-0.15, -0.1) is 0 Å². The molecule has 7 heteroatoms. The number of amides is 2. The van der Waals surface area contributed by atoms with E-state index in [4.69, 9.17) is 16.9 Å². The first-order valence-corrected chi connectivity index (χ1v) is 6.57. The Labute approximate surface area is 119 Å². The van der Waals surface area contributed by atoms with E-state index in [9.17, 15) is 9.59 Å². The van der Waals surface area contributed by atoms with Gasteiger partial charge in [0.25, 0.3) is 0 Å². The molecule has 19 heavy (non-hydrogen) atoms. The zero-order valence-electron chi connectivity index (χ0n) is 12.2. The highest BCUT2D eigenvalue weighted by Crippen LogP contribution is 2.28. The van der Waals surface area contributed by atoms with Gasteiger partial charge in [0.15, 0.2) is 0 Å². The molecule has 1 aliphatic rings. The lowest BCUT2D eigenvalue weighted by Crippen LogP contribution is -2.52. The van der Waals surface area contributed by atoms with Gasteiger partial charge in [-0.25, -0.2) is 9.21 Å². The Morgan fingerprint density at radius 2 is 2.00 bits per heavy atom. The number of carboxylic acid groups (broad SMARTS) is 1. The number of rotatable bonds is 5. The third-order valence-electron chi connectivity index (χ3n) is 3.48. The largest absolute Gasteiger partial charge is 0.481 e. The molecule has 6 nitrogen and oxygen atoms in total. The topological polar surface area (TPSA) is 60.9 Å². The Bertz CT molecular complexity index is 379. The summed E-state index contributed by atoms with van der Waals surface area (Å²) < 4.78 is 1.68. The molecule has 1 rings (SSSR count). The van der Waals surface area contributed by atoms with Crippen molar-refractivity contribution in [2.24, 2.45) is 0 Å². The van der Waals surface area contributed by atoms with Crippen molar-refractivity contribution in [2.75, 3.05) is 34.2 Å². The van der Waals surface area contributed by atoms with E-state index in [1.807, 2.05) is 35.0 Å². The van der Waals surface area contributed by atoms with Crippen LogP contribution in [0.3, 0.4) is 0 Å². The molecule has 1 fully saturated rings. The van der Waals surface area contributed by atoms with Gasteiger partial charge < -0.3 is 14.5 Å². The fourth-order valence-electron chi connectivity index (χ4n) is 2.16. The number of likely N-dealkylation sites (N-methyl/N-ethyl adjacent to an activating group) is 1. The highest BCUT2D eigenvalue weighted by atomic mass is 35.5. The number of urea groups is 1. The Morgan fingerprint density at radius 1 is 1.47 bits per heavy atom. The van der Waals surface area contributed by atoms with Crippen LogP contribution in [0.15, 0.2) is 0 Å². The summed E-state index contributed by atoms with van der Waals surface area (Å²) in [4.78, 5) is 24.6. The predicted octanol–water partition coefficient (Wildman–Crippen LogP) is 1.21. The van der Waals surface area contributed by atoms with Crippen molar-refractivity contribution < 1.29 is 19.2 Å². The molecular formula is C12H23ClN3O3+. The summed E-state index contributed by atoms with van der Waals surface area (Å²) in [5.41, 5.74) is -0.433. The number of carbonyl (C=O) groups excluding carboxylic acids is 1. The van der Waals surface area contributed by atoms with Crippen LogP contribution in [0.4, 0.5) is 4.79 Å². The van der Waals surface area contributed by atoms with E-state index < -0.39 is 11.5 Å². The van der Waals surface area contributed by atoms with Crippen LogP contribution in [-0.2, 0) is 4.79 Å². The summed E-state index contributed by atoms with van der Waals surface area (Å²) >= 11 is 5.97. The molecule has 0 aromatic rings. The van der Waals surface area contributed by atoms with Crippen LogP contribution in [0, 0.1) is 0 Å². The zero-order valence-corrected chi connectivity index (χ0v) is 12.9. The monoisotopic (exact) mass is 292 g/mol. The van der Waals surface area contributed by atoms with Crippen molar-refractivity contribution >= 4 is 23.8 Å². The highest BCUT2D eigenvalue weighted by Gasteiger charge is 2.44. The molecular weight excluding hydrogens is 270 g/mol. The third-order valence-corrected chi connectivity index (χ3v) is 4.09. The van der Waals surface area contributed by atoms with Gasteiger partial charge in [0.2, 0.25) is 0 Å². The lowest BCUT2D eigenvalue weighted by Gasteiger charge is -2.35. The summed E-state index contributed by atoms with van der Waals surface area (Å²) in [6, 6.07) is -0.420. The second kappa shape index (κ2) is 5.17. The maximum Gasteiger partial charge on any atom is 0.335 e. The van der Waals surface area contributed by atoms with E-state index >= 15 is 0 Å². The summed E-state index contributed by atoms with van der Waals surface area (Å²) in [6.45, 7) is 4.67. The molecule has 1 heterocycles. The smallest absolute Gasteiger partial charge is 0.335 e. The number of halogens is 1. The maximum absolute atomic E-state index is 12.0. The first-order chi connectivity index (χ1) is 8.45. The fourth-order valence-corrected chi connectivity index (χ4v) is 2.32. The van der Waals surface area contributed by atoms with E-state index in [2.05, 4.69) is 0 Å². The SMILES string of the molecule is CC1(C)CN(CC(CC(=O)O)[N+](C)(C)C)C(=O)N1Cl. The minimum atomic E-state index is -0.855. The summed E-state index contributed by atoms with van der Waals surface area (Å²) in [5, 5.41) is 8.99. The van der Waals surface area contributed by atoms with Crippen LogP contribution in [0.25, 0.3) is 0 Å². The number of aliphatic carboxylic acids is 1. The molecule has 0 bridgehead atoms. The van der Waals surface area contributed by atoms with E-state index in [1.54, 1.807) is 4.90 Å². The second-order valence-corrected chi connectivity index (χ2v) is 6.96. The minimum Gasteiger partial charge on any atom is -0.481 e. The van der Waals surface area contributed by atoms with Crippen molar-refractivity contribution in [3.63, 3.8) is 0 Å². The van der Waals surface area contributed by atoms with Crippen LogP contribution in [0.2, 0.25) is 0 Å². The predicted molar refractivity (Wildman–Crippen MR) is 72.8 cm³/mol. The van der Waals surface area contributed by atoms with Crippen molar-refractivity contribution in [3.05, 3.63) is 0 Å². The average molecular weight is 293 g/mol. The van der Waals surface area contributed by atoms with Gasteiger partial charge in [-0.3, -0.25) is 4.79 Å². The lowest BCUT2D eigenvalue weighted by molar-refractivity contribution is -0.894. The molecule has 1 atom stereocenters. The number of hydrogen-bond acceptors (Lipinski definition) is 2. The number of quaternary nitrogens is 1. The third kappa shape index (κ3) is 3.73. The van der Waals surface area contributed by atoms with E-state index in [1.165, 1.54) is 4.42 Å². The van der Waals surface area contributed by atoms with Crippen LogP contribution in [0.5, 0.6) is 0 Å². The summed E-state index contributed by atoms with van der Waals surface area (Å²) in [6.07, 6.45) is 0.0238. The fraction of sp³-hybridized carbons (Fsp3) is 0.833. The molecule has 0 spiro atoms. The van der Waals surface area contributed by atoms with E-state index in [0.717, 1.165) is 0 Å². The molecule has 1 saturated heterocycles. The molecule has 1 N–H and O–H groups in total. The number of hydrogen-bond donors (Lipinski definition) is 1. The molecule has 0 radical (unpaired) electrons. The zero-order chi connectivity index (χ0) is 15.0. The van der Waals surface area contributed by atoms with Gasteiger partial charge in [0, 0.05) is 18.3 Å². The molecule has 0 aromatic carbocycles. The highest BCUT2D eigenvalue weighted by molar-refractivity contribution is 6.22. The molecule has 110 valence electrons.